The van der Waals surface area contributed by atoms with E-state index in [-0.39, 0.29) is 16.7 Å². The highest BCUT2D eigenvalue weighted by Gasteiger charge is 2.25. The van der Waals surface area contributed by atoms with Crippen LogP contribution in [0.25, 0.3) is 10.9 Å². The van der Waals surface area contributed by atoms with Gasteiger partial charge in [-0.25, -0.2) is 4.98 Å². The summed E-state index contributed by atoms with van der Waals surface area (Å²) >= 11 is 13.6. The predicted molar refractivity (Wildman–Crippen MR) is 129 cm³/mol. The summed E-state index contributed by atoms with van der Waals surface area (Å²) in [5.74, 6) is 0.0213. The molecule has 2 heterocycles. The van der Waals surface area contributed by atoms with Crippen molar-refractivity contribution in [2.24, 2.45) is 0 Å². The van der Waals surface area contributed by atoms with Crippen LogP contribution in [0.1, 0.15) is 12.5 Å². The Bertz CT molecular complexity index is 1190. The van der Waals surface area contributed by atoms with E-state index in [1.54, 1.807) is 27.7 Å². The van der Waals surface area contributed by atoms with Crippen LogP contribution >= 0.6 is 35.0 Å². The fraction of sp³-hybridized carbons (Fsp3) is 0.348. The number of benzene rings is 2. The van der Waals surface area contributed by atoms with Crippen LogP contribution in [0.2, 0.25) is 10.0 Å². The fourth-order valence-corrected chi connectivity index (χ4v) is 5.16. The molecule has 32 heavy (non-hydrogen) atoms. The second-order valence-electron chi connectivity index (χ2n) is 7.55. The molecule has 1 saturated heterocycles. The van der Waals surface area contributed by atoms with Gasteiger partial charge in [0, 0.05) is 29.7 Å². The van der Waals surface area contributed by atoms with Gasteiger partial charge in [0.2, 0.25) is 5.91 Å². The molecule has 1 fully saturated rings. The zero-order chi connectivity index (χ0) is 22.7. The minimum Gasteiger partial charge on any atom is -0.378 e. The third-order valence-corrected chi connectivity index (χ3v) is 7.06. The van der Waals surface area contributed by atoms with Crippen LogP contribution in [0, 0.1) is 0 Å². The maximum atomic E-state index is 13.3. The number of morpholine rings is 1. The van der Waals surface area contributed by atoms with Crippen LogP contribution in [-0.4, -0.2) is 51.9 Å². The maximum Gasteiger partial charge on any atom is 0.262 e. The van der Waals surface area contributed by atoms with E-state index in [2.05, 4.69) is 0 Å². The number of carbonyl (C=O) groups is 1. The number of hydrogen-bond donors (Lipinski definition) is 0. The Hall–Kier alpha value is -2.06. The minimum absolute atomic E-state index is 0.0213. The van der Waals surface area contributed by atoms with Crippen molar-refractivity contribution in [1.82, 2.24) is 14.5 Å². The SMILES string of the molecule is CC(Sc1nc2ccccc2c(=O)n1CCc1ccc(Cl)cc1Cl)C(=O)N1CCOCC1. The molecule has 9 heteroatoms. The Kier molecular flexibility index (Phi) is 7.40. The number of ether oxygens (including phenoxy) is 1. The third-order valence-electron chi connectivity index (χ3n) is 5.40. The topological polar surface area (TPSA) is 64.4 Å². The van der Waals surface area contributed by atoms with E-state index in [1.807, 2.05) is 31.2 Å². The van der Waals surface area contributed by atoms with Gasteiger partial charge in [-0.3, -0.25) is 14.2 Å². The number of halogens is 2. The van der Waals surface area contributed by atoms with Gasteiger partial charge in [-0.2, -0.15) is 0 Å². The van der Waals surface area contributed by atoms with E-state index in [0.717, 1.165) is 5.56 Å². The van der Waals surface area contributed by atoms with Crippen LogP contribution in [0.4, 0.5) is 0 Å². The Balaban J connectivity index is 1.64. The van der Waals surface area contributed by atoms with Crippen LogP contribution in [0.3, 0.4) is 0 Å². The highest BCUT2D eigenvalue weighted by molar-refractivity contribution is 8.00. The molecule has 0 spiro atoms. The van der Waals surface area contributed by atoms with Crippen LogP contribution < -0.4 is 5.56 Å². The standard InChI is InChI=1S/C23H23Cl2N3O3S/c1-15(21(29)27-10-12-31-13-11-27)32-23-26-20-5-3-2-4-18(20)22(30)28(23)9-8-16-6-7-17(24)14-19(16)25/h2-7,14-15H,8-13H2,1H3. The Labute approximate surface area is 200 Å². The van der Waals surface area contributed by atoms with Crippen molar-refractivity contribution in [2.45, 2.75) is 30.3 Å². The number of rotatable bonds is 6. The lowest BCUT2D eigenvalue weighted by Gasteiger charge is -2.29. The van der Waals surface area contributed by atoms with E-state index in [4.69, 9.17) is 32.9 Å². The molecule has 1 aromatic heterocycles. The fourth-order valence-electron chi connectivity index (χ4n) is 3.64. The Morgan fingerprint density at radius 1 is 1.19 bits per heavy atom. The summed E-state index contributed by atoms with van der Waals surface area (Å²) in [6.07, 6.45) is 0.537. The van der Waals surface area contributed by atoms with Gasteiger partial charge in [-0.05, 0) is 43.2 Å². The number of para-hydroxylation sites is 1. The first-order chi connectivity index (χ1) is 15.4. The smallest absolute Gasteiger partial charge is 0.262 e. The molecule has 1 aliphatic heterocycles. The van der Waals surface area contributed by atoms with Gasteiger partial charge in [-0.15, -0.1) is 0 Å². The van der Waals surface area contributed by atoms with Crippen molar-refractivity contribution in [3.05, 3.63) is 68.4 Å². The maximum absolute atomic E-state index is 13.3. The van der Waals surface area contributed by atoms with E-state index in [0.29, 0.717) is 65.4 Å². The first kappa shape index (κ1) is 23.1. The van der Waals surface area contributed by atoms with Crippen molar-refractivity contribution in [1.29, 1.82) is 0 Å². The van der Waals surface area contributed by atoms with E-state index >= 15 is 0 Å². The molecule has 0 radical (unpaired) electrons. The molecule has 6 nitrogen and oxygen atoms in total. The summed E-state index contributed by atoms with van der Waals surface area (Å²) in [7, 11) is 0. The Morgan fingerprint density at radius 2 is 1.94 bits per heavy atom. The Morgan fingerprint density at radius 3 is 2.69 bits per heavy atom. The molecule has 1 amide bonds. The predicted octanol–water partition coefficient (Wildman–Crippen LogP) is 4.29. The number of nitrogens with zero attached hydrogens (tertiary/aromatic N) is 3. The average Bonchev–Trinajstić information content (AvgIpc) is 2.80. The summed E-state index contributed by atoms with van der Waals surface area (Å²) in [5.41, 5.74) is 1.38. The van der Waals surface area contributed by atoms with Crippen LogP contribution in [0.15, 0.2) is 52.4 Å². The lowest BCUT2D eigenvalue weighted by atomic mass is 10.1. The van der Waals surface area contributed by atoms with E-state index < -0.39 is 0 Å². The molecular formula is C23H23Cl2N3O3S. The number of thioether (sulfide) groups is 1. The minimum atomic E-state index is -0.383. The van der Waals surface area contributed by atoms with Crippen LogP contribution in [-0.2, 0) is 22.5 Å². The number of carbonyl (C=O) groups excluding carboxylic acids is 1. The average molecular weight is 492 g/mol. The van der Waals surface area contributed by atoms with Gasteiger partial charge in [0.1, 0.15) is 0 Å². The lowest BCUT2D eigenvalue weighted by molar-refractivity contribution is -0.134. The lowest BCUT2D eigenvalue weighted by Crippen LogP contribution is -2.44. The third kappa shape index (κ3) is 5.12. The summed E-state index contributed by atoms with van der Waals surface area (Å²) in [6.45, 7) is 4.49. The highest BCUT2D eigenvalue weighted by atomic mass is 35.5. The molecule has 2 aromatic carbocycles. The van der Waals surface area contributed by atoms with Crippen molar-refractivity contribution in [3.63, 3.8) is 0 Å². The zero-order valence-electron chi connectivity index (χ0n) is 17.6. The number of hydrogen-bond acceptors (Lipinski definition) is 5. The van der Waals surface area contributed by atoms with Gasteiger partial charge in [0.25, 0.3) is 5.56 Å². The van der Waals surface area contributed by atoms with Gasteiger partial charge in [0.05, 0.1) is 29.4 Å². The molecule has 0 N–H and O–H groups in total. The molecular weight excluding hydrogens is 469 g/mol. The van der Waals surface area contributed by atoms with Crippen molar-refractivity contribution >= 4 is 51.8 Å². The largest absolute Gasteiger partial charge is 0.378 e. The molecule has 168 valence electrons. The highest BCUT2D eigenvalue weighted by Crippen LogP contribution is 2.26. The summed E-state index contributed by atoms with van der Waals surface area (Å²) in [4.78, 5) is 32.8. The number of amides is 1. The summed E-state index contributed by atoms with van der Waals surface area (Å²) < 4.78 is 6.98. The normalized spacial score (nSPS) is 15.2. The zero-order valence-corrected chi connectivity index (χ0v) is 19.9. The van der Waals surface area contributed by atoms with E-state index in [1.165, 1.54) is 11.8 Å². The second kappa shape index (κ2) is 10.3. The van der Waals surface area contributed by atoms with Gasteiger partial charge in [-0.1, -0.05) is 53.2 Å². The molecule has 0 saturated carbocycles. The number of fused-ring (bicyclic) bond motifs is 1. The van der Waals surface area contributed by atoms with Crippen molar-refractivity contribution < 1.29 is 9.53 Å². The number of aromatic nitrogens is 2. The second-order valence-corrected chi connectivity index (χ2v) is 9.70. The van der Waals surface area contributed by atoms with Gasteiger partial charge in [0.15, 0.2) is 5.16 Å². The molecule has 0 aliphatic carbocycles. The van der Waals surface area contributed by atoms with E-state index in [9.17, 15) is 9.59 Å². The first-order valence-corrected chi connectivity index (χ1v) is 12.0. The summed E-state index contributed by atoms with van der Waals surface area (Å²) in [6, 6.07) is 12.6. The van der Waals surface area contributed by atoms with Crippen molar-refractivity contribution in [2.75, 3.05) is 26.3 Å². The summed E-state index contributed by atoms with van der Waals surface area (Å²) in [5, 5.41) is 1.81. The molecule has 1 unspecified atom stereocenters. The van der Waals surface area contributed by atoms with Gasteiger partial charge >= 0.3 is 0 Å². The molecule has 4 rings (SSSR count). The number of aryl methyl sites for hydroxylation is 1. The molecule has 1 aliphatic rings. The molecule has 1 atom stereocenters. The molecule has 0 bridgehead atoms. The first-order valence-electron chi connectivity index (χ1n) is 10.4. The van der Waals surface area contributed by atoms with Crippen molar-refractivity contribution in [3.8, 4) is 0 Å². The molecule has 3 aromatic rings. The monoisotopic (exact) mass is 491 g/mol. The van der Waals surface area contributed by atoms with Crippen LogP contribution in [0.5, 0.6) is 0 Å². The van der Waals surface area contributed by atoms with Gasteiger partial charge < -0.3 is 9.64 Å². The quantitative estimate of drug-likeness (QED) is 0.380.